The number of hydrogen-bond acceptors (Lipinski definition) is 12. The molecule has 0 aliphatic heterocycles. The third-order valence-electron chi connectivity index (χ3n) is 10.4. The molecule has 2 radical (unpaired) electrons. The summed E-state index contributed by atoms with van der Waals surface area (Å²) in [6.45, 7) is 48.0. The van der Waals surface area contributed by atoms with Crippen molar-refractivity contribution >= 4 is 70.2 Å². The quantitative estimate of drug-likeness (QED) is 0.0192. The van der Waals surface area contributed by atoms with Crippen LogP contribution in [0.25, 0.3) is 16.3 Å². The van der Waals surface area contributed by atoms with Gasteiger partial charge in [0.05, 0.1) is 12.6 Å². The molecule has 0 aliphatic carbocycles. The maximum Gasteiger partial charge on any atom is 2.00 e. The Labute approximate surface area is 667 Å². The van der Waals surface area contributed by atoms with Crippen LogP contribution in [0.2, 0.25) is 0 Å². The Hall–Kier alpha value is -10.0. The minimum Gasteiger partial charge on any atom is -0.573 e. The predicted molar refractivity (Wildman–Crippen MR) is 438 cm³/mol. The molecule has 0 saturated heterocycles. The molecule has 9 rings (SSSR count). The standard InChI is InChI=1S/C20H16N4O3.2C20H14N4O2.12C2H6.3Cu/c25-18-13-7-6-12-17(18)22-24-19(14-8-2-1-3-9-14)23-21-16-11-5-4-10-15(16)20(26)27;2*25-14-16-10-4-5-11-17(16)21-23-20(15-8-2-1-3-9-15)24-22-18-12-6-7-13-19(18)26;12*1-2;;;/h1-13H,(H3,21,22,23,24,25,26,27);2*1-13H,(H-,21,22,23,24,25,26);12*1-2H3;;;/q;2*-2;;;;;;;;;;;;;+1;2*+2/p-1. The first-order valence-electron chi connectivity index (χ1n) is 35.6. The fourth-order valence-electron chi connectivity index (χ4n) is 6.46. The van der Waals surface area contributed by atoms with Crippen LogP contribution in [-0.4, -0.2) is 56.5 Å². The van der Waals surface area contributed by atoms with Crippen LogP contribution >= 0.6 is 0 Å². The molecule has 9 aromatic rings. The molecule has 19 nitrogen and oxygen atoms in total. The number of hydrogen-bond donors (Lipinski definition) is 4. The summed E-state index contributed by atoms with van der Waals surface area (Å²) in [4.78, 5) is 33.3. The molecular weight excluding hydrogens is 1480 g/mol. The molecule has 0 heterocycles. The summed E-state index contributed by atoms with van der Waals surface area (Å²) < 4.78 is 0. The van der Waals surface area contributed by atoms with Gasteiger partial charge >= 0.3 is 57.2 Å². The zero-order valence-electron chi connectivity index (χ0n) is 66.3. The summed E-state index contributed by atoms with van der Waals surface area (Å²) in [6, 6.07) is 66.9. The van der Waals surface area contributed by atoms with Crippen molar-refractivity contribution in [2.75, 3.05) is 0 Å². The topological polar surface area (TPSA) is 286 Å². The van der Waals surface area contributed by atoms with Gasteiger partial charge in [-0.05, 0) is 41.7 Å². The molecule has 0 bridgehead atoms. The van der Waals surface area contributed by atoms with Crippen LogP contribution in [0.3, 0.4) is 0 Å². The molecule has 0 unspecified atom stereocenters. The molecule has 0 spiro atoms. The zero-order chi connectivity index (χ0) is 79.4. The van der Waals surface area contributed by atoms with Crippen molar-refractivity contribution < 1.29 is 86.0 Å². The Morgan fingerprint density at radius 2 is 0.519 bits per heavy atom. The van der Waals surface area contributed by atoms with Crippen molar-refractivity contribution in [3.63, 3.8) is 0 Å². The first-order chi connectivity index (χ1) is 50.7. The van der Waals surface area contributed by atoms with Gasteiger partial charge in [-0.1, -0.05) is 360 Å². The summed E-state index contributed by atoms with van der Waals surface area (Å²) in [5, 5.41) is 75.6. The van der Waals surface area contributed by atoms with Crippen molar-refractivity contribution in [3.8, 4) is 17.2 Å². The van der Waals surface area contributed by atoms with E-state index in [-0.39, 0.29) is 103 Å². The van der Waals surface area contributed by atoms with E-state index in [0.717, 1.165) is 0 Å². The monoisotopic (exact) mass is 1590 g/mol. The molecule has 0 aromatic heterocycles. The molecule has 0 aliphatic rings. The number of nitrogens with zero attached hydrogens (tertiary/aromatic N) is 12. The number of aromatic hydroxyl groups is 3. The number of aromatic carboxylic acids is 1. The van der Waals surface area contributed by atoms with Crippen molar-refractivity contribution in [1.82, 2.24) is 0 Å². The predicted octanol–water partition coefficient (Wildman–Crippen LogP) is 27.6. The van der Waals surface area contributed by atoms with Gasteiger partial charge in [-0.25, -0.2) is 15.0 Å². The number of carboxylic acid groups (broad SMARTS) is 1. The third kappa shape index (κ3) is 48.1. The average Bonchev–Trinajstić information content (AvgIpc) is 0.870. The summed E-state index contributed by atoms with van der Waals surface area (Å²) in [6.07, 6.45) is 3.65. The summed E-state index contributed by atoms with van der Waals surface area (Å²) in [5.74, 6) is -0.408. The van der Waals surface area contributed by atoms with Gasteiger partial charge in [0.25, 0.3) is 0 Å². The number of carbonyl (C=O) groups excluding carboxylic acids is 2. The molecule has 9 aromatic carbocycles. The Kier molecular flexibility index (Phi) is 90.6. The average molecular weight is 1600 g/mol. The SMILES string of the molecule is CC.CC.CC.CC.CC.CC.CC.CC.CC.CC.CC.CC.O=C(O)c1ccccc1[N-]N=C(N=Nc1ccccc1O)c1ccccc1.O=[C-]c1ccccc1N=NC(=N[N-]c1ccccc1O)c1ccccc1.O=[C-]c1ccccc1N=NC(=N[N-]c1ccccc1O)c1ccccc1.[Cu+2].[Cu+2].[Cu+]. The van der Waals surface area contributed by atoms with Crippen molar-refractivity contribution in [3.05, 3.63) is 286 Å². The van der Waals surface area contributed by atoms with Gasteiger partial charge in [-0.3, -0.25) is 0 Å². The second kappa shape index (κ2) is 83.9. The van der Waals surface area contributed by atoms with Crippen LogP contribution in [0.4, 0.5) is 34.1 Å². The minimum absolute atomic E-state index is 0. The number of rotatable bonds is 15. The molecular formula is C84H115Cu3N12O7. The number of para-hydroxylation sites is 3. The van der Waals surface area contributed by atoms with Crippen LogP contribution in [0.1, 0.15) is 204 Å². The van der Waals surface area contributed by atoms with Crippen LogP contribution in [-0.2, 0) is 60.8 Å². The van der Waals surface area contributed by atoms with Gasteiger partial charge in [0.1, 0.15) is 22.9 Å². The van der Waals surface area contributed by atoms with E-state index in [1.807, 2.05) is 258 Å². The van der Waals surface area contributed by atoms with Crippen molar-refractivity contribution in [1.29, 1.82) is 0 Å². The maximum atomic E-state index is 11.3. The number of carbonyl (C=O) groups is 1. The number of carboxylic acids is 1. The second-order valence-electron chi connectivity index (χ2n) is 15.8. The van der Waals surface area contributed by atoms with Crippen LogP contribution in [0, 0.1) is 0 Å². The Morgan fingerprint density at radius 1 is 0.292 bits per heavy atom. The van der Waals surface area contributed by atoms with E-state index in [0.29, 0.717) is 50.6 Å². The van der Waals surface area contributed by atoms with E-state index < -0.39 is 5.97 Å². The second-order valence-corrected chi connectivity index (χ2v) is 15.8. The fourth-order valence-corrected chi connectivity index (χ4v) is 6.46. The maximum absolute atomic E-state index is 11.3. The third-order valence-corrected chi connectivity index (χ3v) is 10.4. The van der Waals surface area contributed by atoms with Crippen molar-refractivity contribution in [2.24, 2.45) is 46.0 Å². The van der Waals surface area contributed by atoms with Gasteiger partial charge in [0.15, 0.2) is 17.5 Å². The Bertz CT molecular complexity index is 3540. The van der Waals surface area contributed by atoms with Crippen LogP contribution in [0.5, 0.6) is 17.2 Å². The Morgan fingerprint density at radius 3 is 0.802 bits per heavy atom. The molecule has 22 heteroatoms. The van der Waals surface area contributed by atoms with E-state index in [9.17, 15) is 34.8 Å². The van der Waals surface area contributed by atoms with E-state index in [1.54, 1.807) is 133 Å². The number of benzene rings is 9. The van der Waals surface area contributed by atoms with E-state index >= 15 is 0 Å². The van der Waals surface area contributed by atoms with Crippen molar-refractivity contribution in [2.45, 2.75) is 166 Å². The molecule has 0 atom stereocenters. The molecule has 106 heavy (non-hydrogen) atoms. The smallest absolute Gasteiger partial charge is 0.573 e. The fraction of sp³-hybridized carbons (Fsp3) is 0.286. The molecule has 0 fully saturated rings. The van der Waals surface area contributed by atoms with E-state index in [1.165, 1.54) is 24.3 Å². The Balaban J connectivity index is -0.000000164. The van der Waals surface area contributed by atoms with E-state index in [4.69, 9.17) is 0 Å². The summed E-state index contributed by atoms with van der Waals surface area (Å²) in [5.41, 5.74) is 16.7. The molecule has 0 saturated carbocycles. The number of amidine groups is 3. The van der Waals surface area contributed by atoms with Gasteiger partial charge < -0.3 is 61.6 Å². The first kappa shape index (κ1) is 114. The summed E-state index contributed by atoms with van der Waals surface area (Å²) >= 11 is 0. The van der Waals surface area contributed by atoms with Crippen LogP contribution in [0.15, 0.2) is 283 Å². The van der Waals surface area contributed by atoms with E-state index in [2.05, 4.69) is 62.3 Å². The van der Waals surface area contributed by atoms with Gasteiger partial charge in [0.2, 0.25) is 0 Å². The largest absolute Gasteiger partial charge is 2.00 e. The number of phenolic OH excluding ortho intramolecular Hbond substituents is 3. The molecule has 4 N–H and O–H groups in total. The molecule has 586 valence electrons. The first-order valence-corrected chi connectivity index (χ1v) is 35.6. The number of phenols is 3. The van der Waals surface area contributed by atoms with Gasteiger partial charge in [-0.15, -0.1) is 49.4 Å². The normalized spacial score (nSPS) is 9.23. The number of azo groups is 3. The zero-order valence-corrected chi connectivity index (χ0v) is 69.1. The summed E-state index contributed by atoms with van der Waals surface area (Å²) in [7, 11) is 0. The van der Waals surface area contributed by atoms with Gasteiger partial charge in [-0.2, -0.15) is 12.1 Å². The van der Waals surface area contributed by atoms with Gasteiger partial charge in [0, 0.05) is 22.3 Å². The minimum atomic E-state index is -1.10. The molecule has 0 amide bonds. The van der Waals surface area contributed by atoms with Crippen LogP contribution < -0.4 is 0 Å².